The predicted octanol–water partition coefficient (Wildman–Crippen LogP) is 7.07. The minimum atomic E-state index is -2.81. The Balaban J connectivity index is 1.91. The first-order valence-corrected chi connectivity index (χ1v) is 9.57. The summed E-state index contributed by atoms with van der Waals surface area (Å²) in [4.78, 5) is 0. The highest BCUT2D eigenvalue weighted by atomic mass is 19.3. The molecule has 2 atom stereocenters. The highest BCUT2D eigenvalue weighted by Crippen LogP contribution is 2.57. The molecule has 0 amide bonds. The third-order valence-corrected chi connectivity index (χ3v) is 5.34. The maximum atomic E-state index is 13.6. The monoisotopic (exact) mass is 382 g/mol. The largest absolute Gasteiger partial charge is 0.359 e. The minimum Gasteiger partial charge on any atom is -0.359 e. The van der Waals surface area contributed by atoms with Gasteiger partial charge in [0.25, 0.3) is 0 Å². The SMILES string of the molecule is C=C/C(CC(C)(F)F)=C(\C=C/C)C(=C)Nc1cc(C)c2c(c1)C1CC1C(=C)N2. The van der Waals surface area contributed by atoms with E-state index in [1.807, 2.05) is 19.1 Å². The Kier molecular flexibility index (Phi) is 5.33. The second-order valence-electron chi connectivity index (χ2n) is 7.85. The van der Waals surface area contributed by atoms with Gasteiger partial charge in [-0.2, -0.15) is 0 Å². The number of aryl methyl sites for hydroxylation is 1. The van der Waals surface area contributed by atoms with E-state index in [-0.39, 0.29) is 6.42 Å². The Labute approximate surface area is 166 Å². The molecule has 2 unspecified atom stereocenters. The van der Waals surface area contributed by atoms with Crippen LogP contribution in [0.4, 0.5) is 20.2 Å². The predicted molar refractivity (Wildman–Crippen MR) is 115 cm³/mol. The summed E-state index contributed by atoms with van der Waals surface area (Å²) in [6.07, 6.45) is 5.85. The first kappa shape index (κ1) is 20.1. The average molecular weight is 382 g/mol. The van der Waals surface area contributed by atoms with E-state index in [0.717, 1.165) is 36.0 Å². The number of benzene rings is 1. The quantitative estimate of drug-likeness (QED) is 0.493. The van der Waals surface area contributed by atoms with Crippen molar-refractivity contribution in [2.75, 3.05) is 10.6 Å². The molecule has 1 aromatic rings. The van der Waals surface area contributed by atoms with Crippen LogP contribution in [0.1, 0.15) is 43.7 Å². The summed E-state index contributed by atoms with van der Waals surface area (Å²) in [5.41, 5.74) is 7.25. The van der Waals surface area contributed by atoms with Crippen LogP contribution in [0.25, 0.3) is 0 Å². The summed E-state index contributed by atoms with van der Waals surface area (Å²) in [6.45, 7) is 16.8. The highest BCUT2D eigenvalue weighted by molar-refractivity contribution is 5.73. The first-order chi connectivity index (χ1) is 13.1. The Hall–Kier alpha value is -2.62. The molecule has 1 heterocycles. The molecule has 0 saturated heterocycles. The van der Waals surface area contributed by atoms with Crippen LogP contribution in [-0.2, 0) is 0 Å². The molecule has 1 aliphatic carbocycles. The number of allylic oxidation sites excluding steroid dienone is 5. The lowest BCUT2D eigenvalue weighted by atomic mass is 9.96. The Morgan fingerprint density at radius 1 is 1.36 bits per heavy atom. The van der Waals surface area contributed by atoms with Crippen LogP contribution in [0.3, 0.4) is 0 Å². The summed E-state index contributed by atoms with van der Waals surface area (Å²) in [5.74, 6) is -1.78. The number of rotatable bonds is 7. The Morgan fingerprint density at radius 3 is 2.68 bits per heavy atom. The third kappa shape index (κ3) is 4.11. The molecule has 0 spiro atoms. The molecule has 1 fully saturated rings. The normalized spacial score (nSPS) is 21.4. The van der Waals surface area contributed by atoms with Crippen molar-refractivity contribution in [2.45, 2.75) is 45.5 Å². The lowest BCUT2D eigenvalue weighted by molar-refractivity contribution is 0.0233. The summed E-state index contributed by atoms with van der Waals surface area (Å²) >= 11 is 0. The van der Waals surface area contributed by atoms with Crippen LogP contribution in [-0.4, -0.2) is 5.92 Å². The molecular weight excluding hydrogens is 354 g/mol. The maximum Gasteiger partial charge on any atom is 0.249 e. The third-order valence-electron chi connectivity index (χ3n) is 5.34. The number of alkyl halides is 2. The van der Waals surface area contributed by atoms with Crippen LogP contribution in [0.2, 0.25) is 0 Å². The Bertz CT molecular complexity index is 900. The number of fused-ring (bicyclic) bond motifs is 3. The zero-order chi connectivity index (χ0) is 20.6. The maximum absolute atomic E-state index is 13.6. The zero-order valence-corrected chi connectivity index (χ0v) is 16.8. The fraction of sp³-hybridized carbons (Fsp3) is 0.333. The standard InChI is InChI=1S/C24H28F2N2/c1-7-9-19(17(8-2)13-24(6,25)26)15(4)27-18-10-14(3)23-22(11-18)21-12-20(21)16(5)28-23/h7-11,20-21,27-28H,2,4-5,12-13H2,1,3,6H3/b9-7-,19-17-. The van der Waals surface area contributed by atoms with E-state index >= 15 is 0 Å². The first-order valence-electron chi connectivity index (χ1n) is 9.57. The van der Waals surface area contributed by atoms with Gasteiger partial charge in [0, 0.05) is 40.7 Å². The van der Waals surface area contributed by atoms with Crippen LogP contribution in [0.15, 0.2) is 72.6 Å². The van der Waals surface area contributed by atoms with E-state index in [1.54, 1.807) is 6.08 Å². The fourth-order valence-electron chi connectivity index (χ4n) is 3.95. The molecule has 0 bridgehead atoms. The number of halogens is 2. The Morgan fingerprint density at radius 2 is 2.07 bits per heavy atom. The van der Waals surface area contributed by atoms with Crippen molar-refractivity contribution in [3.63, 3.8) is 0 Å². The number of hydrogen-bond donors (Lipinski definition) is 2. The van der Waals surface area contributed by atoms with Crippen LogP contribution < -0.4 is 10.6 Å². The zero-order valence-electron chi connectivity index (χ0n) is 16.8. The van der Waals surface area contributed by atoms with E-state index < -0.39 is 5.92 Å². The van der Waals surface area contributed by atoms with Gasteiger partial charge >= 0.3 is 0 Å². The minimum absolute atomic E-state index is 0.379. The van der Waals surface area contributed by atoms with Crippen molar-refractivity contribution in [2.24, 2.45) is 5.92 Å². The number of nitrogens with one attached hydrogen (secondary N) is 2. The summed E-state index contributed by atoms with van der Waals surface area (Å²) < 4.78 is 27.2. The molecule has 1 aliphatic heterocycles. The van der Waals surface area contributed by atoms with Gasteiger partial charge in [-0.25, -0.2) is 8.78 Å². The molecule has 1 saturated carbocycles. The molecule has 2 nitrogen and oxygen atoms in total. The second kappa shape index (κ2) is 7.42. The van der Waals surface area contributed by atoms with Crippen molar-refractivity contribution in [1.82, 2.24) is 0 Å². The van der Waals surface area contributed by atoms with Crippen molar-refractivity contribution in [3.05, 3.63) is 83.8 Å². The van der Waals surface area contributed by atoms with Gasteiger partial charge < -0.3 is 10.6 Å². The van der Waals surface area contributed by atoms with Gasteiger partial charge in [-0.1, -0.05) is 38.0 Å². The molecular formula is C24H28F2N2. The smallest absolute Gasteiger partial charge is 0.249 e. The van der Waals surface area contributed by atoms with Gasteiger partial charge in [0.15, 0.2) is 0 Å². The molecule has 28 heavy (non-hydrogen) atoms. The summed E-state index contributed by atoms with van der Waals surface area (Å²) in [6, 6.07) is 4.18. The molecule has 1 aromatic carbocycles. The number of anilines is 2. The molecule has 148 valence electrons. The van der Waals surface area contributed by atoms with Crippen LogP contribution in [0.5, 0.6) is 0 Å². The highest BCUT2D eigenvalue weighted by Gasteiger charge is 2.45. The van der Waals surface area contributed by atoms with E-state index in [1.165, 1.54) is 11.6 Å². The van der Waals surface area contributed by atoms with E-state index in [2.05, 4.69) is 43.4 Å². The lowest BCUT2D eigenvalue weighted by Gasteiger charge is -2.24. The molecule has 2 N–H and O–H groups in total. The van der Waals surface area contributed by atoms with Crippen molar-refractivity contribution in [3.8, 4) is 0 Å². The average Bonchev–Trinajstić information content (AvgIpc) is 3.40. The molecule has 0 aromatic heterocycles. The van der Waals surface area contributed by atoms with Gasteiger partial charge in [0.2, 0.25) is 5.92 Å². The van der Waals surface area contributed by atoms with Gasteiger partial charge in [-0.05, 0) is 61.9 Å². The summed E-state index contributed by atoms with van der Waals surface area (Å²) in [5, 5.41) is 6.76. The van der Waals surface area contributed by atoms with E-state index in [4.69, 9.17) is 0 Å². The van der Waals surface area contributed by atoms with Crippen molar-refractivity contribution in [1.29, 1.82) is 0 Å². The van der Waals surface area contributed by atoms with E-state index in [9.17, 15) is 8.78 Å². The molecule has 3 rings (SSSR count). The molecule has 0 radical (unpaired) electrons. The van der Waals surface area contributed by atoms with Gasteiger partial charge in [-0.3, -0.25) is 0 Å². The van der Waals surface area contributed by atoms with Gasteiger partial charge in [0.05, 0.1) is 0 Å². The van der Waals surface area contributed by atoms with Gasteiger partial charge in [0.1, 0.15) is 0 Å². The van der Waals surface area contributed by atoms with Crippen molar-refractivity contribution < 1.29 is 8.78 Å². The summed E-state index contributed by atoms with van der Waals surface area (Å²) in [7, 11) is 0. The van der Waals surface area contributed by atoms with Crippen LogP contribution >= 0.6 is 0 Å². The second-order valence-corrected chi connectivity index (χ2v) is 7.85. The lowest BCUT2D eigenvalue weighted by Crippen LogP contribution is -2.13. The van der Waals surface area contributed by atoms with Crippen molar-refractivity contribution >= 4 is 11.4 Å². The van der Waals surface area contributed by atoms with E-state index in [0.29, 0.717) is 28.7 Å². The fourth-order valence-corrected chi connectivity index (χ4v) is 3.95. The topological polar surface area (TPSA) is 24.1 Å². The molecule has 4 heteroatoms. The molecule has 2 aliphatic rings. The van der Waals surface area contributed by atoms with Gasteiger partial charge in [-0.15, -0.1) is 0 Å². The van der Waals surface area contributed by atoms with Crippen LogP contribution in [0, 0.1) is 12.8 Å². The number of hydrogen-bond acceptors (Lipinski definition) is 2.